The number of rotatable bonds is 6. The second-order valence-electron chi connectivity index (χ2n) is 5.11. The smallest absolute Gasteiger partial charge is 0.0703 e. The van der Waals surface area contributed by atoms with Gasteiger partial charge in [0.2, 0.25) is 0 Å². The zero-order chi connectivity index (χ0) is 14.5. The molecule has 1 heterocycles. The second kappa shape index (κ2) is 7.62. The Morgan fingerprint density at radius 2 is 2.10 bits per heavy atom. The number of benzene rings is 1. The van der Waals surface area contributed by atoms with Crippen LogP contribution in [0.1, 0.15) is 31.4 Å². The Bertz CT molecular complexity index is 416. The molecule has 1 aliphatic rings. The molecule has 0 amide bonds. The van der Waals surface area contributed by atoms with E-state index in [0.29, 0.717) is 22.7 Å². The number of ether oxygens (including phenoxy) is 1. The lowest BCUT2D eigenvalue weighted by atomic mass is 10.0. The van der Waals surface area contributed by atoms with Gasteiger partial charge < -0.3 is 10.5 Å². The standard InChI is InChI=1S/C15H22Cl2N2O/c1-2-19(10-11-5-4-8-20-11)14(9-18)15-12(16)6-3-7-13(15)17/h3,6-7,11,14H,2,4-5,8-10,18H2,1H3. The molecule has 1 saturated heterocycles. The average molecular weight is 317 g/mol. The maximum absolute atomic E-state index is 6.32. The molecule has 1 fully saturated rings. The van der Waals surface area contributed by atoms with Crippen molar-refractivity contribution in [3.63, 3.8) is 0 Å². The predicted octanol–water partition coefficient (Wildman–Crippen LogP) is 3.49. The van der Waals surface area contributed by atoms with E-state index in [1.165, 1.54) is 0 Å². The van der Waals surface area contributed by atoms with Gasteiger partial charge >= 0.3 is 0 Å². The summed E-state index contributed by atoms with van der Waals surface area (Å²) in [6, 6.07) is 5.62. The number of likely N-dealkylation sites (N-methyl/N-ethyl adjacent to an activating group) is 1. The van der Waals surface area contributed by atoms with E-state index >= 15 is 0 Å². The van der Waals surface area contributed by atoms with Crippen molar-refractivity contribution in [3.05, 3.63) is 33.8 Å². The highest BCUT2D eigenvalue weighted by molar-refractivity contribution is 6.36. The highest BCUT2D eigenvalue weighted by Gasteiger charge is 2.26. The average Bonchev–Trinajstić information content (AvgIpc) is 2.94. The van der Waals surface area contributed by atoms with E-state index in [1.54, 1.807) is 0 Å². The number of nitrogens with zero attached hydrogens (tertiary/aromatic N) is 1. The number of halogens is 2. The van der Waals surface area contributed by atoms with E-state index in [2.05, 4.69) is 11.8 Å². The summed E-state index contributed by atoms with van der Waals surface area (Å²) in [7, 11) is 0. The van der Waals surface area contributed by atoms with Crippen LogP contribution in [0.3, 0.4) is 0 Å². The Balaban J connectivity index is 2.19. The van der Waals surface area contributed by atoms with Crippen LogP contribution in [0.2, 0.25) is 10.0 Å². The van der Waals surface area contributed by atoms with E-state index in [4.69, 9.17) is 33.7 Å². The molecule has 5 heteroatoms. The van der Waals surface area contributed by atoms with E-state index in [-0.39, 0.29) is 6.04 Å². The van der Waals surface area contributed by atoms with Crippen LogP contribution in [-0.4, -0.2) is 37.2 Å². The molecule has 2 rings (SSSR count). The van der Waals surface area contributed by atoms with Crippen molar-refractivity contribution < 1.29 is 4.74 Å². The maximum atomic E-state index is 6.32. The molecule has 20 heavy (non-hydrogen) atoms. The summed E-state index contributed by atoms with van der Waals surface area (Å²) in [6.07, 6.45) is 2.55. The molecule has 1 aromatic rings. The minimum absolute atomic E-state index is 0.0328. The topological polar surface area (TPSA) is 38.5 Å². The van der Waals surface area contributed by atoms with Gasteiger partial charge in [-0.05, 0) is 31.5 Å². The molecule has 112 valence electrons. The monoisotopic (exact) mass is 316 g/mol. The fourth-order valence-corrected chi connectivity index (χ4v) is 3.45. The molecule has 2 N–H and O–H groups in total. The lowest BCUT2D eigenvalue weighted by molar-refractivity contribution is 0.0602. The largest absolute Gasteiger partial charge is 0.377 e. The Labute approximate surface area is 131 Å². The van der Waals surface area contributed by atoms with Crippen molar-refractivity contribution in [3.8, 4) is 0 Å². The van der Waals surface area contributed by atoms with Gasteiger partial charge in [-0.25, -0.2) is 0 Å². The molecule has 2 unspecified atom stereocenters. The Morgan fingerprint density at radius 1 is 1.40 bits per heavy atom. The van der Waals surface area contributed by atoms with Gasteiger partial charge in [-0.2, -0.15) is 0 Å². The van der Waals surface area contributed by atoms with E-state index in [1.807, 2.05) is 18.2 Å². The molecular formula is C15H22Cl2N2O. The first kappa shape index (κ1) is 16.1. The first-order chi connectivity index (χ1) is 9.67. The van der Waals surface area contributed by atoms with E-state index < -0.39 is 0 Å². The SMILES string of the molecule is CCN(CC1CCCO1)C(CN)c1c(Cl)cccc1Cl. The molecule has 0 saturated carbocycles. The predicted molar refractivity (Wildman–Crippen MR) is 84.5 cm³/mol. The molecule has 0 aromatic heterocycles. The van der Waals surface area contributed by atoms with E-state index in [0.717, 1.165) is 38.1 Å². The Kier molecular flexibility index (Phi) is 6.12. The zero-order valence-corrected chi connectivity index (χ0v) is 13.3. The van der Waals surface area contributed by atoms with Crippen molar-refractivity contribution >= 4 is 23.2 Å². The molecule has 0 aliphatic carbocycles. The van der Waals surface area contributed by atoms with Gasteiger partial charge in [0, 0.05) is 35.3 Å². The lowest BCUT2D eigenvalue weighted by Gasteiger charge is -2.33. The summed E-state index contributed by atoms with van der Waals surface area (Å²) in [4.78, 5) is 2.31. The first-order valence-corrected chi connectivity index (χ1v) is 7.92. The molecular weight excluding hydrogens is 295 g/mol. The first-order valence-electron chi connectivity index (χ1n) is 7.17. The molecule has 3 nitrogen and oxygen atoms in total. The Hall–Kier alpha value is -0.320. The summed E-state index contributed by atoms with van der Waals surface area (Å²) < 4.78 is 5.73. The summed E-state index contributed by atoms with van der Waals surface area (Å²) >= 11 is 12.6. The van der Waals surface area contributed by atoms with Crippen molar-refractivity contribution in [1.82, 2.24) is 4.90 Å². The summed E-state index contributed by atoms with van der Waals surface area (Å²) in [5.74, 6) is 0. The van der Waals surface area contributed by atoms with Crippen LogP contribution in [0, 0.1) is 0 Å². The van der Waals surface area contributed by atoms with Gasteiger partial charge in [0.15, 0.2) is 0 Å². The fraction of sp³-hybridized carbons (Fsp3) is 0.600. The van der Waals surface area contributed by atoms with Gasteiger partial charge in [0.25, 0.3) is 0 Å². The molecule has 0 spiro atoms. The molecule has 1 aliphatic heterocycles. The van der Waals surface area contributed by atoms with Gasteiger partial charge in [-0.3, -0.25) is 4.90 Å². The van der Waals surface area contributed by atoms with Crippen LogP contribution in [-0.2, 0) is 4.74 Å². The van der Waals surface area contributed by atoms with E-state index in [9.17, 15) is 0 Å². The third-order valence-corrected chi connectivity index (χ3v) is 4.52. The summed E-state index contributed by atoms with van der Waals surface area (Å²) in [5, 5.41) is 1.36. The summed E-state index contributed by atoms with van der Waals surface area (Å²) in [6.45, 7) is 5.25. The molecule has 0 bridgehead atoms. The maximum Gasteiger partial charge on any atom is 0.0703 e. The number of nitrogens with two attached hydrogens (primary N) is 1. The third kappa shape index (κ3) is 3.66. The third-order valence-electron chi connectivity index (χ3n) is 3.87. The highest BCUT2D eigenvalue weighted by atomic mass is 35.5. The van der Waals surface area contributed by atoms with Gasteiger partial charge in [0.1, 0.15) is 0 Å². The van der Waals surface area contributed by atoms with Crippen LogP contribution < -0.4 is 5.73 Å². The molecule has 0 radical (unpaired) electrons. The van der Waals surface area contributed by atoms with Crippen LogP contribution in [0.4, 0.5) is 0 Å². The van der Waals surface area contributed by atoms with Gasteiger partial charge in [-0.1, -0.05) is 36.2 Å². The number of hydrogen-bond donors (Lipinski definition) is 1. The molecule has 2 atom stereocenters. The van der Waals surface area contributed by atoms with Crippen LogP contribution >= 0.6 is 23.2 Å². The van der Waals surface area contributed by atoms with Crippen LogP contribution in [0.15, 0.2) is 18.2 Å². The normalized spacial score (nSPS) is 20.6. The van der Waals surface area contributed by atoms with Crippen molar-refractivity contribution in [1.29, 1.82) is 0 Å². The van der Waals surface area contributed by atoms with Crippen molar-refractivity contribution in [2.24, 2.45) is 5.73 Å². The Morgan fingerprint density at radius 3 is 2.60 bits per heavy atom. The zero-order valence-electron chi connectivity index (χ0n) is 11.8. The second-order valence-corrected chi connectivity index (χ2v) is 5.92. The van der Waals surface area contributed by atoms with Crippen LogP contribution in [0.5, 0.6) is 0 Å². The minimum Gasteiger partial charge on any atom is -0.377 e. The fourth-order valence-electron chi connectivity index (χ4n) is 2.81. The lowest BCUT2D eigenvalue weighted by Crippen LogP contribution is -2.39. The van der Waals surface area contributed by atoms with Crippen molar-refractivity contribution in [2.75, 3.05) is 26.2 Å². The number of hydrogen-bond acceptors (Lipinski definition) is 3. The highest BCUT2D eigenvalue weighted by Crippen LogP contribution is 2.33. The van der Waals surface area contributed by atoms with Gasteiger partial charge in [0.05, 0.1) is 12.1 Å². The van der Waals surface area contributed by atoms with Crippen LogP contribution in [0.25, 0.3) is 0 Å². The van der Waals surface area contributed by atoms with Crippen molar-refractivity contribution in [2.45, 2.75) is 31.9 Å². The molecule has 1 aromatic carbocycles. The van der Waals surface area contributed by atoms with Gasteiger partial charge in [-0.15, -0.1) is 0 Å². The quantitative estimate of drug-likeness (QED) is 0.873. The summed E-state index contributed by atoms with van der Waals surface area (Å²) in [5.41, 5.74) is 6.92. The minimum atomic E-state index is 0.0328.